The van der Waals surface area contributed by atoms with Crippen LogP contribution in [0.15, 0.2) is 60.5 Å². The molecule has 0 atom stereocenters. The average molecular weight is 706 g/mol. The van der Waals surface area contributed by atoms with E-state index in [0.29, 0.717) is 51.8 Å². The van der Waals surface area contributed by atoms with Crippen LogP contribution < -0.4 is 30.3 Å². The van der Waals surface area contributed by atoms with E-state index in [1.54, 1.807) is 32.2 Å². The number of nitrogens with one attached hydrogen (secondary N) is 4. The summed E-state index contributed by atoms with van der Waals surface area (Å²) >= 11 is 1.47. The number of para-hydroxylation sites is 2. The first-order valence-electron chi connectivity index (χ1n) is 16.4. The van der Waals surface area contributed by atoms with Crippen LogP contribution in [0.1, 0.15) is 19.8 Å². The van der Waals surface area contributed by atoms with Gasteiger partial charge in [0.15, 0.2) is 5.82 Å². The first kappa shape index (κ1) is 34.4. The number of likely N-dealkylation sites (N-methyl/N-ethyl adjacent to an activating group) is 1. The molecule has 2 aromatic carbocycles. The Bertz CT molecular complexity index is 1920. The van der Waals surface area contributed by atoms with E-state index in [2.05, 4.69) is 49.0 Å². The normalized spacial score (nSPS) is 16.3. The minimum Gasteiger partial charge on any atom is -0.494 e. The number of thiophene rings is 1. The number of carbonyl (C=O) groups is 1. The highest BCUT2D eigenvalue weighted by molar-refractivity contribution is 7.92. The van der Waals surface area contributed by atoms with Crippen molar-refractivity contribution in [2.24, 2.45) is 0 Å². The molecule has 0 saturated carbocycles. The molecule has 0 spiro atoms. The Hall–Kier alpha value is -4.44. The summed E-state index contributed by atoms with van der Waals surface area (Å²) < 4.78 is 34.0. The van der Waals surface area contributed by atoms with Crippen LogP contribution in [0.3, 0.4) is 0 Å². The van der Waals surface area contributed by atoms with Gasteiger partial charge in [-0.05, 0) is 62.5 Å². The number of hydrogen-bond acceptors (Lipinski definition) is 12. The number of amides is 1. The van der Waals surface area contributed by atoms with Crippen LogP contribution in [-0.2, 0) is 14.8 Å². The third-order valence-corrected chi connectivity index (χ3v) is 11.2. The molecule has 15 heteroatoms. The molecule has 4 aromatic rings. The molecule has 0 aliphatic carbocycles. The second-order valence-electron chi connectivity index (χ2n) is 12.2. The molecule has 0 unspecified atom stereocenters. The fraction of sp³-hybridized carbons (Fsp3) is 0.382. The van der Waals surface area contributed by atoms with Crippen LogP contribution >= 0.6 is 11.3 Å². The zero-order chi connectivity index (χ0) is 34.5. The number of hydrogen-bond donors (Lipinski definition) is 4. The van der Waals surface area contributed by atoms with E-state index in [9.17, 15) is 13.2 Å². The molecular formula is C34H43N9O4S2. The van der Waals surface area contributed by atoms with Crippen LogP contribution in [0.2, 0.25) is 0 Å². The number of fused-ring (bicyclic) bond motifs is 1. The Morgan fingerprint density at radius 2 is 1.73 bits per heavy atom. The number of methoxy groups -OCH3 is 1. The Labute approximate surface area is 291 Å². The van der Waals surface area contributed by atoms with Crippen molar-refractivity contribution in [2.75, 3.05) is 84.8 Å². The molecule has 13 nitrogen and oxygen atoms in total. The molecule has 4 heterocycles. The summed E-state index contributed by atoms with van der Waals surface area (Å²) in [6.45, 7) is 11.3. The summed E-state index contributed by atoms with van der Waals surface area (Å²) in [4.78, 5) is 29.4. The maximum absolute atomic E-state index is 12.6. The molecule has 0 radical (unpaired) electrons. The fourth-order valence-corrected chi connectivity index (χ4v) is 7.65. The number of benzene rings is 2. The van der Waals surface area contributed by atoms with E-state index in [-0.39, 0.29) is 11.7 Å². The molecule has 260 valence electrons. The Morgan fingerprint density at radius 1 is 1.00 bits per heavy atom. The van der Waals surface area contributed by atoms with E-state index in [4.69, 9.17) is 14.7 Å². The first-order valence-corrected chi connectivity index (χ1v) is 18.9. The number of nitrogens with zero attached hydrogens (tertiary/aromatic N) is 5. The highest BCUT2D eigenvalue weighted by Gasteiger charge is 2.28. The molecule has 2 aliphatic rings. The van der Waals surface area contributed by atoms with Gasteiger partial charge in [-0.3, -0.25) is 14.4 Å². The number of ether oxygens (including phenoxy) is 1. The minimum atomic E-state index is -3.50. The van der Waals surface area contributed by atoms with Gasteiger partial charge >= 0.3 is 0 Å². The van der Waals surface area contributed by atoms with Gasteiger partial charge in [-0.25, -0.2) is 13.4 Å². The predicted octanol–water partition coefficient (Wildman–Crippen LogP) is 5.29. The summed E-state index contributed by atoms with van der Waals surface area (Å²) in [6, 6.07) is 13.3. The average Bonchev–Trinajstić information content (AvgIpc) is 3.59. The lowest BCUT2D eigenvalue weighted by Crippen LogP contribution is -2.52. The van der Waals surface area contributed by atoms with Gasteiger partial charge in [0.1, 0.15) is 5.75 Å². The monoisotopic (exact) mass is 705 g/mol. The molecule has 6 rings (SSSR count). The Morgan fingerprint density at radius 3 is 2.43 bits per heavy atom. The zero-order valence-corrected chi connectivity index (χ0v) is 29.7. The van der Waals surface area contributed by atoms with Crippen LogP contribution in [0, 0.1) is 0 Å². The van der Waals surface area contributed by atoms with Crippen molar-refractivity contribution >= 4 is 77.7 Å². The van der Waals surface area contributed by atoms with Gasteiger partial charge in [0.05, 0.1) is 51.5 Å². The highest BCUT2D eigenvalue weighted by atomic mass is 32.2. The van der Waals surface area contributed by atoms with Crippen molar-refractivity contribution in [3.8, 4) is 5.75 Å². The summed E-state index contributed by atoms with van der Waals surface area (Å²) in [5.41, 5.74) is 3.72. The van der Waals surface area contributed by atoms with E-state index in [0.717, 1.165) is 62.5 Å². The number of anilines is 7. The molecule has 2 saturated heterocycles. The number of piperidine rings is 1. The number of aromatic nitrogens is 2. The maximum atomic E-state index is 12.6. The van der Waals surface area contributed by atoms with Crippen molar-refractivity contribution in [1.82, 2.24) is 19.8 Å². The largest absolute Gasteiger partial charge is 0.494 e. The van der Waals surface area contributed by atoms with E-state index >= 15 is 0 Å². The molecular weight excluding hydrogens is 663 g/mol. The second kappa shape index (κ2) is 15.0. The number of rotatable bonds is 12. The summed E-state index contributed by atoms with van der Waals surface area (Å²) in [6.07, 6.45) is 3.33. The number of carbonyl (C=O) groups excluding carboxylic acids is 1. The van der Waals surface area contributed by atoms with Gasteiger partial charge in [0.25, 0.3) is 0 Å². The van der Waals surface area contributed by atoms with Crippen LogP contribution in [0.25, 0.3) is 10.2 Å². The molecule has 1 amide bonds. The quantitative estimate of drug-likeness (QED) is 0.143. The fourth-order valence-electron chi connectivity index (χ4n) is 6.21. The SMILES string of the molecule is C=CC(=O)Nc1cc(Nc2nc(Nc3ccccc3NS(=O)(=O)CC)c3sccc3n2)c(OC)cc1N1CCC(N2CCN(C)CC2)CC1. The van der Waals surface area contributed by atoms with Gasteiger partial charge in [-0.1, -0.05) is 18.7 Å². The lowest BCUT2D eigenvalue weighted by Gasteiger charge is -2.43. The number of piperazine rings is 1. The van der Waals surface area contributed by atoms with E-state index < -0.39 is 10.0 Å². The molecule has 2 aliphatic heterocycles. The smallest absolute Gasteiger partial charge is 0.247 e. The van der Waals surface area contributed by atoms with Gasteiger partial charge in [0, 0.05) is 51.4 Å². The maximum Gasteiger partial charge on any atom is 0.247 e. The van der Waals surface area contributed by atoms with Crippen molar-refractivity contribution < 1.29 is 17.9 Å². The van der Waals surface area contributed by atoms with Crippen molar-refractivity contribution in [1.29, 1.82) is 0 Å². The summed E-state index contributed by atoms with van der Waals surface area (Å²) in [5, 5.41) is 11.5. The minimum absolute atomic E-state index is 0.0527. The highest BCUT2D eigenvalue weighted by Crippen LogP contribution is 2.40. The van der Waals surface area contributed by atoms with Crippen molar-refractivity contribution in [2.45, 2.75) is 25.8 Å². The summed E-state index contributed by atoms with van der Waals surface area (Å²) in [7, 11) is 0.282. The first-order chi connectivity index (χ1) is 23.7. The van der Waals surface area contributed by atoms with E-state index in [1.165, 1.54) is 17.4 Å². The van der Waals surface area contributed by atoms with Crippen molar-refractivity contribution in [3.05, 3.63) is 60.5 Å². The van der Waals surface area contributed by atoms with Crippen LogP contribution in [-0.4, -0.2) is 99.3 Å². The number of sulfonamides is 1. The predicted molar refractivity (Wildman–Crippen MR) is 200 cm³/mol. The van der Waals surface area contributed by atoms with Crippen molar-refractivity contribution in [3.63, 3.8) is 0 Å². The second-order valence-corrected chi connectivity index (χ2v) is 15.1. The lowest BCUT2D eigenvalue weighted by molar-refractivity contribution is -0.111. The van der Waals surface area contributed by atoms with Crippen LogP contribution in [0.5, 0.6) is 5.75 Å². The van der Waals surface area contributed by atoms with E-state index in [1.807, 2.05) is 29.6 Å². The topological polar surface area (TPSA) is 144 Å². The Balaban J connectivity index is 1.28. The molecule has 0 bridgehead atoms. The van der Waals surface area contributed by atoms with Gasteiger partial charge in [0.2, 0.25) is 21.9 Å². The van der Waals surface area contributed by atoms with Gasteiger partial charge < -0.3 is 30.5 Å². The standard InChI is InChI=1S/C34H43N9O4S2/c1-5-31(44)35-27-21-28(30(47-4)22-29(27)43-14-11-23(12-15-43)42-18-16-41(3)17-19-42)38-34-37-26-13-20-48-32(26)33(39-34)36-24-9-7-8-10-25(24)40-49(45,46)6-2/h5,7-10,13,20-23,40H,1,6,11-12,14-19H2,2-4H3,(H,35,44)(H2,36,37,38,39). The lowest BCUT2D eigenvalue weighted by atomic mass is 10.0. The summed E-state index contributed by atoms with van der Waals surface area (Å²) in [5.74, 6) is 0.993. The molecule has 49 heavy (non-hydrogen) atoms. The molecule has 2 fully saturated rings. The van der Waals surface area contributed by atoms with Gasteiger partial charge in [-0.2, -0.15) is 4.98 Å². The third-order valence-electron chi connectivity index (χ3n) is 9.00. The molecule has 4 N–H and O–H groups in total. The van der Waals surface area contributed by atoms with Crippen LogP contribution in [0.4, 0.5) is 40.2 Å². The molecule has 2 aromatic heterocycles. The van der Waals surface area contributed by atoms with Gasteiger partial charge in [-0.15, -0.1) is 11.3 Å². The Kier molecular flexibility index (Phi) is 10.5. The zero-order valence-electron chi connectivity index (χ0n) is 28.0. The third kappa shape index (κ3) is 8.07.